The fraction of sp³-hybridized carbons (Fsp3) is 0.556. The predicted molar refractivity (Wildman–Crippen MR) is 62.1 cm³/mol. The maximum Gasteiger partial charge on any atom is 0.239 e. The quantitative estimate of drug-likeness (QED) is 0.465. The van der Waals surface area contributed by atoms with E-state index >= 15 is 0 Å². The Hall–Kier alpha value is -0.278. The lowest BCUT2D eigenvalue weighted by atomic mass is 9.66. The second kappa shape index (κ2) is 4.68. The molecule has 0 aromatic rings. The number of rotatable bonds is 5. The molecule has 1 nitrogen and oxygen atoms in total. The third-order valence-electron chi connectivity index (χ3n) is 2.02. The second-order valence-electron chi connectivity index (χ2n) is 4.09. The highest BCUT2D eigenvalue weighted by molar-refractivity contribution is 6.84. The molecular weight excluding hydrogens is 161 g/mol. The van der Waals surface area contributed by atoms with Gasteiger partial charge >= 0.3 is 0 Å². The van der Waals surface area contributed by atoms with Crippen LogP contribution < -0.4 is 0 Å². The van der Waals surface area contributed by atoms with E-state index in [1.54, 1.807) is 0 Å². The smallest absolute Gasteiger partial charge is 0.239 e. The molecule has 0 amide bonds. The van der Waals surface area contributed by atoms with E-state index in [-0.39, 0.29) is 0 Å². The molecule has 0 aromatic heterocycles. The zero-order chi connectivity index (χ0) is 9.78. The van der Waals surface area contributed by atoms with Gasteiger partial charge in [0.25, 0.3) is 0 Å². The molecule has 0 aliphatic rings. The molecule has 0 aromatic carbocycles. The van der Waals surface area contributed by atoms with Crippen LogP contribution in [0.4, 0.5) is 0 Å². The van der Waals surface area contributed by atoms with Crippen molar-refractivity contribution in [1.82, 2.24) is 4.48 Å². The first-order valence-electron chi connectivity index (χ1n) is 4.43. The largest absolute Gasteiger partial charge is 0.358 e. The molecule has 0 radical (unpaired) electrons. The normalized spacial score (nSPS) is 11.4. The van der Waals surface area contributed by atoms with Gasteiger partial charge in [0, 0.05) is 0 Å². The second-order valence-corrected chi connectivity index (χ2v) is 9.00. The molecular formula is C9H20BNSi. The predicted octanol–water partition coefficient (Wildman–Crippen LogP) is 2.66. The van der Waals surface area contributed by atoms with Gasteiger partial charge in [-0.05, 0) is 6.54 Å². The summed E-state index contributed by atoms with van der Waals surface area (Å²) in [5.74, 6) is 2.00. The van der Waals surface area contributed by atoms with Crippen molar-refractivity contribution in [1.29, 1.82) is 0 Å². The van der Waals surface area contributed by atoms with Crippen molar-refractivity contribution in [3.05, 3.63) is 25.2 Å². The van der Waals surface area contributed by atoms with Gasteiger partial charge in [-0.2, -0.15) is 0 Å². The van der Waals surface area contributed by atoms with Gasteiger partial charge in [-0.3, -0.25) is 0 Å². The van der Waals surface area contributed by atoms with E-state index in [4.69, 9.17) is 0 Å². The third kappa shape index (κ3) is 3.41. The minimum Gasteiger partial charge on any atom is -0.358 e. The molecule has 0 bridgehead atoms. The van der Waals surface area contributed by atoms with E-state index in [1.165, 1.54) is 0 Å². The first kappa shape index (κ1) is 11.7. The highest BCUT2D eigenvalue weighted by atomic mass is 28.3. The summed E-state index contributed by atoms with van der Waals surface area (Å²) in [7, 11) is -1.20. The molecule has 0 atom stereocenters. The van der Waals surface area contributed by atoms with Crippen molar-refractivity contribution in [2.45, 2.75) is 26.5 Å². The Balaban J connectivity index is 4.42. The Morgan fingerprint density at radius 1 is 1.33 bits per heavy atom. The minimum absolute atomic E-state index is 0.467. The first-order chi connectivity index (χ1) is 5.43. The molecule has 0 N–H and O–H groups in total. The van der Waals surface area contributed by atoms with Gasteiger partial charge in [0.05, 0.1) is 0 Å². The molecule has 0 rings (SSSR count). The molecule has 0 fully saturated rings. The monoisotopic (exact) mass is 181 g/mol. The number of nitrogens with zero attached hydrogens (tertiary/aromatic N) is 1. The topological polar surface area (TPSA) is 3.24 Å². The zero-order valence-electron chi connectivity index (χ0n) is 8.80. The van der Waals surface area contributed by atoms with Crippen LogP contribution in [-0.2, 0) is 0 Å². The molecule has 0 unspecified atom stereocenters. The van der Waals surface area contributed by atoms with Gasteiger partial charge in [-0.15, -0.1) is 19.1 Å². The van der Waals surface area contributed by atoms with E-state index < -0.39 is 8.24 Å². The van der Waals surface area contributed by atoms with E-state index in [0.29, 0.717) is 6.85 Å². The van der Waals surface area contributed by atoms with E-state index in [9.17, 15) is 0 Å². The van der Waals surface area contributed by atoms with Gasteiger partial charge in [0.1, 0.15) is 8.24 Å². The summed E-state index contributed by atoms with van der Waals surface area (Å²) in [4.78, 5) is 0. The Labute approximate surface area is 78.3 Å². The maximum absolute atomic E-state index is 3.82. The van der Waals surface area contributed by atoms with Crippen LogP contribution >= 0.6 is 0 Å². The highest BCUT2D eigenvalue weighted by Gasteiger charge is 2.26. The zero-order valence-corrected chi connectivity index (χ0v) is 9.80. The van der Waals surface area contributed by atoms with Crippen molar-refractivity contribution in [2.75, 3.05) is 6.54 Å². The van der Waals surface area contributed by atoms with Crippen LogP contribution in [-0.4, -0.2) is 26.1 Å². The average molecular weight is 181 g/mol. The number of hydrogen-bond acceptors (Lipinski definition) is 1. The molecule has 0 aliphatic carbocycles. The fourth-order valence-corrected chi connectivity index (χ4v) is 3.32. The summed E-state index contributed by atoms with van der Waals surface area (Å²) in [6, 6.07) is 0. The molecule has 0 saturated heterocycles. The van der Waals surface area contributed by atoms with Gasteiger partial charge in [-0.25, -0.2) is 0 Å². The van der Waals surface area contributed by atoms with Crippen molar-refractivity contribution in [3.63, 3.8) is 0 Å². The van der Waals surface area contributed by atoms with E-state index in [0.717, 1.165) is 6.54 Å². The van der Waals surface area contributed by atoms with Crippen LogP contribution in [0.1, 0.15) is 0 Å². The molecule has 0 heterocycles. The standard InChI is InChI=1S/C9H20BNSi/c1-7-9-11(10(3)8-2)12(4,5)6/h7-8H,1-2,9H2,3-6H3. The fourth-order valence-electron chi connectivity index (χ4n) is 1.32. The molecule has 3 heteroatoms. The molecule has 12 heavy (non-hydrogen) atoms. The van der Waals surface area contributed by atoms with Gasteiger partial charge in [0.2, 0.25) is 6.85 Å². The lowest BCUT2D eigenvalue weighted by Crippen LogP contribution is -2.52. The van der Waals surface area contributed by atoms with Gasteiger partial charge in [-0.1, -0.05) is 32.5 Å². The lowest BCUT2D eigenvalue weighted by molar-refractivity contribution is 0.713. The third-order valence-corrected chi connectivity index (χ3v) is 4.33. The maximum atomic E-state index is 3.82. The summed E-state index contributed by atoms with van der Waals surface area (Å²) >= 11 is 0. The van der Waals surface area contributed by atoms with E-state index in [1.807, 2.05) is 12.1 Å². The van der Waals surface area contributed by atoms with Crippen molar-refractivity contribution in [2.24, 2.45) is 0 Å². The Morgan fingerprint density at radius 3 is 2.08 bits per heavy atom. The van der Waals surface area contributed by atoms with Crippen LogP contribution in [0.2, 0.25) is 26.5 Å². The van der Waals surface area contributed by atoms with Crippen LogP contribution in [0, 0.1) is 0 Å². The summed E-state index contributed by atoms with van der Waals surface area (Å²) in [5, 5.41) is 0. The lowest BCUT2D eigenvalue weighted by Gasteiger charge is -2.35. The van der Waals surface area contributed by atoms with Crippen LogP contribution in [0.15, 0.2) is 25.2 Å². The molecule has 68 valence electrons. The Kier molecular flexibility index (Phi) is 4.57. The van der Waals surface area contributed by atoms with Crippen LogP contribution in [0.5, 0.6) is 0 Å². The summed E-state index contributed by atoms with van der Waals surface area (Å²) < 4.78 is 2.49. The van der Waals surface area contributed by atoms with Gasteiger partial charge < -0.3 is 4.48 Å². The van der Waals surface area contributed by atoms with Crippen molar-refractivity contribution < 1.29 is 0 Å². The number of hydrogen-bond donors (Lipinski definition) is 0. The molecule has 0 saturated carbocycles. The molecule has 0 spiro atoms. The van der Waals surface area contributed by atoms with Crippen LogP contribution in [0.3, 0.4) is 0 Å². The molecule has 0 aliphatic heterocycles. The SMILES string of the molecule is C=CCN(B(C)C=C)[Si](C)(C)C. The van der Waals surface area contributed by atoms with Gasteiger partial charge in [0.15, 0.2) is 0 Å². The highest BCUT2D eigenvalue weighted by Crippen LogP contribution is 2.11. The van der Waals surface area contributed by atoms with Crippen molar-refractivity contribution >= 4 is 15.1 Å². The Morgan fingerprint density at radius 2 is 1.83 bits per heavy atom. The first-order valence-corrected chi connectivity index (χ1v) is 7.88. The average Bonchev–Trinajstić information content (AvgIpc) is 1.96. The van der Waals surface area contributed by atoms with E-state index in [2.05, 4.69) is 44.1 Å². The minimum atomic E-state index is -1.20. The summed E-state index contributed by atoms with van der Waals surface area (Å²) in [5.41, 5.74) is 0. The Bertz CT molecular complexity index is 162. The summed E-state index contributed by atoms with van der Waals surface area (Å²) in [6.07, 6.45) is 1.97. The van der Waals surface area contributed by atoms with Crippen molar-refractivity contribution in [3.8, 4) is 0 Å². The summed E-state index contributed by atoms with van der Waals surface area (Å²) in [6.45, 7) is 18.3. The van der Waals surface area contributed by atoms with Crippen LogP contribution in [0.25, 0.3) is 0 Å².